The van der Waals surface area contributed by atoms with Gasteiger partial charge < -0.3 is 19.3 Å². The van der Waals surface area contributed by atoms with E-state index in [0.29, 0.717) is 12.8 Å². The van der Waals surface area contributed by atoms with E-state index in [1.54, 1.807) is 6.92 Å². The molecule has 51 heavy (non-hydrogen) atoms. The van der Waals surface area contributed by atoms with E-state index in [4.69, 9.17) is 26.7 Å². The average Bonchev–Trinajstić information content (AvgIpc) is 3.48. The smallest absolute Gasteiger partial charge is 0.327 e. The van der Waals surface area contributed by atoms with Gasteiger partial charge in [-0.15, -0.1) is 0 Å². The van der Waals surface area contributed by atoms with Gasteiger partial charge in [-0.05, 0) is 94.3 Å². The zero-order valence-corrected chi connectivity index (χ0v) is 32.4. The Morgan fingerprint density at radius 3 is 2.47 bits per heavy atom. The van der Waals surface area contributed by atoms with E-state index in [2.05, 4.69) is 112 Å². The molecule has 8 nitrogen and oxygen atoms in total. The zero-order valence-electron chi connectivity index (χ0n) is 31.6. The second-order valence-corrected chi connectivity index (χ2v) is 16.5. The molecule has 0 atom stereocenters. The maximum atomic E-state index is 11.3. The number of likely N-dealkylation sites (N-methyl/N-ethyl adjacent to an activating group) is 1. The summed E-state index contributed by atoms with van der Waals surface area (Å²) in [6.07, 6.45) is 23.4. The highest BCUT2D eigenvalue weighted by molar-refractivity contribution is 6.32. The molecule has 0 bridgehead atoms. The number of fused-ring (bicyclic) bond motifs is 2. The van der Waals surface area contributed by atoms with Gasteiger partial charge in [-0.1, -0.05) is 44.0 Å². The number of pyridine rings is 1. The number of carboxylic acid groups (broad SMARTS) is 1. The van der Waals surface area contributed by atoms with E-state index >= 15 is 0 Å². The lowest BCUT2D eigenvalue weighted by molar-refractivity contribution is -0.881. The molecule has 5 rings (SSSR count). The van der Waals surface area contributed by atoms with E-state index < -0.39 is 5.97 Å². The summed E-state index contributed by atoms with van der Waals surface area (Å²) in [5, 5.41) is 9.75. The largest absolute Gasteiger partial charge is 0.481 e. The molecule has 0 unspecified atom stereocenters. The Morgan fingerprint density at radius 2 is 1.73 bits per heavy atom. The van der Waals surface area contributed by atoms with Crippen LogP contribution in [0.15, 0.2) is 98.4 Å². The minimum atomic E-state index is -0.737. The van der Waals surface area contributed by atoms with Crippen molar-refractivity contribution in [2.75, 3.05) is 33.7 Å². The van der Waals surface area contributed by atoms with Crippen molar-refractivity contribution in [1.82, 2.24) is 4.90 Å². The first kappa shape index (κ1) is 38.4. The number of hydrogen-bond donors (Lipinski definition) is 1. The molecule has 0 aliphatic carbocycles. The number of rotatable bonds is 15. The number of aryl methyl sites for hydroxylation is 1. The van der Waals surface area contributed by atoms with Crippen molar-refractivity contribution in [1.29, 1.82) is 0 Å². The minimum Gasteiger partial charge on any atom is -0.481 e. The summed E-state index contributed by atoms with van der Waals surface area (Å²) in [5.41, 5.74) is 6.13. The number of carboxylic acids is 1. The lowest BCUT2D eigenvalue weighted by atomic mass is 9.81. The number of aromatic nitrogens is 1. The van der Waals surface area contributed by atoms with Gasteiger partial charge in [-0.25, -0.2) is 9.56 Å². The monoisotopic (exact) mass is 713 g/mol. The molecule has 0 saturated heterocycles. The molecule has 1 N–H and O–H groups in total. The number of amidine groups is 1. The molecular weight excluding hydrogens is 658 g/mol. The van der Waals surface area contributed by atoms with Gasteiger partial charge in [0.1, 0.15) is 24.7 Å². The van der Waals surface area contributed by atoms with E-state index in [1.807, 2.05) is 0 Å². The summed E-state index contributed by atoms with van der Waals surface area (Å²) >= 11 is 7.21. The van der Waals surface area contributed by atoms with Crippen molar-refractivity contribution in [3.05, 3.63) is 94.0 Å². The maximum Gasteiger partial charge on any atom is 0.327 e. The van der Waals surface area contributed by atoms with Crippen LogP contribution in [0.4, 0.5) is 5.82 Å². The zero-order chi connectivity index (χ0) is 37.0. The summed E-state index contributed by atoms with van der Waals surface area (Å²) in [4.78, 5) is 34.7. The van der Waals surface area contributed by atoms with Crippen LogP contribution in [0.25, 0.3) is 0 Å². The third-order valence-corrected chi connectivity index (χ3v) is 11.0. The number of aliphatic imine (C=N–C) groups is 2. The van der Waals surface area contributed by atoms with Gasteiger partial charge in [-0.2, -0.15) is 0 Å². The number of aliphatic carboxylic acids is 1. The fourth-order valence-corrected chi connectivity index (χ4v) is 7.69. The summed E-state index contributed by atoms with van der Waals surface area (Å²) in [6, 6.07) is 4.30. The molecule has 5 heterocycles. The molecule has 4 aliphatic rings. The fourth-order valence-electron chi connectivity index (χ4n) is 7.45. The van der Waals surface area contributed by atoms with Crippen LogP contribution in [0, 0.1) is 5.41 Å². The van der Waals surface area contributed by atoms with Crippen LogP contribution in [-0.2, 0) is 21.5 Å². The summed E-state index contributed by atoms with van der Waals surface area (Å²) in [6.45, 7) is 13.9. The van der Waals surface area contributed by atoms with E-state index in [0.717, 1.165) is 102 Å². The van der Waals surface area contributed by atoms with Gasteiger partial charge in [0.25, 0.3) is 0 Å². The molecule has 4 aliphatic heterocycles. The van der Waals surface area contributed by atoms with Crippen LogP contribution in [-0.4, -0.2) is 71.5 Å². The first-order valence-corrected chi connectivity index (χ1v) is 18.9. The minimum absolute atomic E-state index is 0.215. The molecule has 0 spiro atoms. The van der Waals surface area contributed by atoms with Crippen LogP contribution >= 0.6 is 11.6 Å². The Hall–Kier alpha value is -3.88. The van der Waals surface area contributed by atoms with Crippen LogP contribution in [0.5, 0.6) is 0 Å². The van der Waals surface area contributed by atoms with Crippen molar-refractivity contribution < 1.29 is 23.7 Å². The first-order chi connectivity index (χ1) is 24.1. The number of hydrogen-bond acceptors (Lipinski definition) is 5. The SMILES string of the molecule is CC(=O)CCCCC[n+]1cccc2c1N=C(C=CC1=C(Cl)C(=CC=C3N=C4C(=CC=CN4CCCCCC(=O)O)C3(C)C)C[N+](C)(C)C1)C2(C)C. The third kappa shape index (κ3) is 8.96. The van der Waals surface area contributed by atoms with Crippen molar-refractivity contribution in [3.63, 3.8) is 0 Å². The molecule has 1 aromatic heterocycles. The second-order valence-electron chi connectivity index (χ2n) is 16.1. The molecule has 0 aromatic carbocycles. The first-order valence-electron chi connectivity index (χ1n) is 18.5. The predicted molar refractivity (Wildman–Crippen MR) is 207 cm³/mol. The highest BCUT2D eigenvalue weighted by Crippen LogP contribution is 2.44. The lowest BCUT2D eigenvalue weighted by Gasteiger charge is -2.35. The number of unbranched alkanes of at least 4 members (excludes halogenated alkanes) is 4. The van der Waals surface area contributed by atoms with Gasteiger partial charge in [0.05, 0.1) is 48.5 Å². The topological polar surface area (TPSA) is 86.2 Å². The van der Waals surface area contributed by atoms with Crippen molar-refractivity contribution >= 4 is 40.7 Å². The fraction of sp³-hybridized carbons (Fsp3) is 0.500. The highest BCUT2D eigenvalue weighted by Gasteiger charge is 2.42. The quantitative estimate of drug-likeness (QED) is 0.113. The number of carbonyl (C=O) groups excluding carboxylic acids is 1. The second kappa shape index (κ2) is 15.8. The Morgan fingerprint density at radius 1 is 0.980 bits per heavy atom. The Labute approximate surface area is 309 Å². The number of carbonyl (C=O) groups is 2. The van der Waals surface area contributed by atoms with Gasteiger partial charge in [0.15, 0.2) is 5.71 Å². The number of nitrogens with zero attached hydrogens (tertiary/aromatic N) is 5. The number of halogens is 1. The summed E-state index contributed by atoms with van der Waals surface area (Å²) < 4.78 is 3.04. The summed E-state index contributed by atoms with van der Waals surface area (Å²) in [5.74, 6) is 1.52. The molecule has 272 valence electrons. The Bertz CT molecular complexity index is 1800. The Kier molecular flexibility index (Phi) is 11.9. The molecule has 0 radical (unpaired) electrons. The molecule has 0 amide bonds. The maximum absolute atomic E-state index is 11.3. The normalized spacial score (nSPS) is 21.6. The third-order valence-electron chi connectivity index (χ3n) is 10.5. The van der Waals surface area contributed by atoms with Crippen molar-refractivity contribution in [2.24, 2.45) is 15.4 Å². The van der Waals surface area contributed by atoms with E-state index in [-0.39, 0.29) is 23.0 Å². The number of ketones is 1. The van der Waals surface area contributed by atoms with Crippen LogP contribution < -0.4 is 4.57 Å². The summed E-state index contributed by atoms with van der Waals surface area (Å²) in [7, 11) is 4.48. The van der Waals surface area contributed by atoms with Gasteiger partial charge in [-0.3, -0.25) is 4.79 Å². The Balaban J connectivity index is 1.35. The van der Waals surface area contributed by atoms with Crippen molar-refractivity contribution in [3.8, 4) is 0 Å². The van der Waals surface area contributed by atoms with E-state index in [1.165, 1.54) is 11.1 Å². The standard InChI is InChI=1S/C42H55ClN5O3/c1-30(49)16-10-8-12-24-46-26-14-17-33-39(46)44-35(41(33,2)3)22-20-31-28-48(6,7)29-32(38(31)43)21-23-36-42(4,5)34-18-15-27-47(40(34)45-36)25-13-9-11-19-37(50)51/h14-15,17-18,20-23,26-27H,8-13,16,19,24-25,28-29H2,1-7H3/q+1/p+1. The molecule has 0 saturated carbocycles. The number of quaternary nitrogens is 1. The molecule has 9 heteroatoms. The van der Waals surface area contributed by atoms with Gasteiger partial charge in [0, 0.05) is 47.7 Å². The molecule has 0 fully saturated rings. The lowest BCUT2D eigenvalue weighted by Crippen LogP contribution is -2.45. The van der Waals surface area contributed by atoms with Crippen molar-refractivity contribution in [2.45, 2.75) is 97.9 Å². The average molecular weight is 714 g/mol. The van der Waals surface area contributed by atoms with Crippen LogP contribution in [0.2, 0.25) is 0 Å². The highest BCUT2D eigenvalue weighted by atomic mass is 35.5. The molecular formula is C42H56ClN5O3+2. The van der Waals surface area contributed by atoms with Crippen LogP contribution in [0.1, 0.15) is 91.5 Å². The number of Topliss-reactive ketones (excluding diaryl/α,β-unsaturated/α-hetero) is 1. The van der Waals surface area contributed by atoms with Gasteiger partial charge in [0.2, 0.25) is 0 Å². The molecule has 1 aromatic rings. The van der Waals surface area contributed by atoms with Gasteiger partial charge >= 0.3 is 11.8 Å². The predicted octanol–water partition coefficient (Wildman–Crippen LogP) is 8.28. The van der Waals surface area contributed by atoms with E-state index in [9.17, 15) is 9.59 Å². The number of allylic oxidation sites excluding steroid dienone is 6. The van der Waals surface area contributed by atoms with Crippen LogP contribution in [0.3, 0.4) is 0 Å².